The number of carbonyl (C=O) groups excluding carboxylic acids is 2. The zero-order chi connectivity index (χ0) is 38.8. The number of phenolic OH excluding ortho intramolecular Hbond substituents is 1. The number of ether oxygens (including phenoxy) is 2. The molecule has 0 aromatic heterocycles. The summed E-state index contributed by atoms with van der Waals surface area (Å²) in [6, 6.07) is 24.5. The highest BCUT2D eigenvalue weighted by molar-refractivity contribution is 6.02. The fraction of sp³-hybridized carbons (Fsp3) is 0.386. The summed E-state index contributed by atoms with van der Waals surface area (Å²) in [6.45, 7) is 17.3. The summed E-state index contributed by atoms with van der Waals surface area (Å²) in [6.07, 6.45) is 4.01. The van der Waals surface area contributed by atoms with Crippen LogP contribution < -0.4 is 25.4 Å². The lowest BCUT2D eigenvalue weighted by atomic mass is 9.76. The Morgan fingerprint density at radius 3 is 2.08 bits per heavy atom. The van der Waals surface area contributed by atoms with E-state index in [1.807, 2.05) is 36.4 Å². The van der Waals surface area contributed by atoms with E-state index >= 15 is 0 Å². The van der Waals surface area contributed by atoms with Crippen LogP contribution in [0, 0.1) is 11.3 Å². The Morgan fingerprint density at radius 1 is 0.792 bits per heavy atom. The van der Waals surface area contributed by atoms with Gasteiger partial charge in [0, 0.05) is 23.4 Å². The summed E-state index contributed by atoms with van der Waals surface area (Å²) in [5, 5.41) is 28.5. The number of aryl methyl sites for hydroxylation is 1. The van der Waals surface area contributed by atoms with Gasteiger partial charge >= 0.3 is 6.03 Å². The van der Waals surface area contributed by atoms with E-state index in [0.29, 0.717) is 29.2 Å². The fourth-order valence-electron chi connectivity index (χ4n) is 5.66. The second-order valence-electron chi connectivity index (χ2n) is 14.7. The predicted octanol–water partition coefficient (Wildman–Crippen LogP) is 11.2. The molecule has 4 N–H and O–H groups in total. The topological polar surface area (TPSA) is 133 Å². The first-order valence-electron chi connectivity index (χ1n) is 18.6. The zero-order valence-electron chi connectivity index (χ0n) is 32.4. The number of aromatic hydroxyl groups is 1. The molecule has 4 aromatic carbocycles. The number of nitrogens with zero attached hydrogens (tertiary/aromatic N) is 1. The molecule has 0 aliphatic carbocycles. The molecule has 0 heterocycles. The van der Waals surface area contributed by atoms with E-state index in [0.717, 1.165) is 43.2 Å². The molecule has 4 aromatic rings. The highest BCUT2D eigenvalue weighted by Crippen LogP contribution is 2.41. The van der Waals surface area contributed by atoms with Crippen LogP contribution in [0.4, 0.5) is 21.9 Å². The normalized spacial score (nSPS) is 12.0. The predicted molar refractivity (Wildman–Crippen MR) is 213 cm³/mol. The molecular formula is C44H54N4O5. The van der Waals surface area contributed by atoms with Gasteiger partial charge in [-0.15, -0.1) is 0 Å². The first-order valence-corrected chi connectivity index (χ1v) is 18.6. The largest absolute Gasteiger partial charge is 0.506 e. The molecule has 0 saturated carbocycles. The van der Waals surface area contributed by atoms with Gasteiger partial charge in [0.15, 0.2) is 11.9 Å². The fourth-order valence-corrected chi connectivity index (χ4v) is 5.66. The lowest BCUT2D eigenvalue weighted by Gasteiger charge is -2.31. The highest BCUT2D eigenvalue weighted by Gasteiger charge is 2.30. The van der Waals surface area contributed by atoms with Gasteiger partial charge in [-0.1, -0.05) is 86.1 Å². The van der Waals surface area contributed by atoms with E-state index < -0.39 is 12.1 Å². The Hall–Kier alpha value is -5.49. The van der Waals surface area contributed by atoms with Crippen LogP contribution in [-0.4, -0.2) is 23.1 Å². The van der Waals surface area contributed by atoms with Crippen LogP contribution in [0.2, 0.25) is 0 Å². The molecular weight excluding hydrogens is 665 g/mol. The van der Waals surface area contributed by atoms with Crippen LogP contribution in [0.3, 0.4) is 0 Å². The zero-order valence-corrected chi connectivity index (χ0v) is 32.4. The van der Waals surface area contributed by atoms with Crippen molar-refractivity contribution in [2.24, 2.45) is 0 Å². The number of hydrogen-bond donors (Lipinski definition) is 4. The molecule has 53 heavy (non-hydrogen) atoms. The number of rotatable bonds is 16. The van der Waals surface area contributed by atoms with Gasteiger partial charge in [-0.25, -0.2) is 4.79 Å². The van der Waals surface area contributed by atoms with E-state index in [1.54, 1.807) is 24.3 Å². The number of anilines is 3. The summed E-state index contributed by atoms with van der Waals surface area (Å²) in [4.78, 5) is 27.1. The molecule has 9 nitrogen and oxygen atoms in total. The van der Waals surface area contributed by atoms with Crippen LogP contribution in [0.15, 0.2) is 78.9 Å². The monoisotopic (exact) mass is 718 g/mol. The van der Waals surface area contributed by atoms with Crippen molar-refractivity contribution in [3.8, 4) is 29.1 Å². The Bertz CT molecular complexity index is 1910. The standard InChI is InChI=1S/C44H54N4O5/c1-9-13-14-39(53-38-24-19-31(43(5,6)11-3)25-34(38)44(7,8)12-4)41(50)47-36-26-37(49)35(27-40(36)52-33-22-17-29(10-2)18-23-33)48-42(51)46-32-20-15-30(28-45)16-21-32/h15-27,39,49H,9-14H2,1-8H3,(H,47,50)(H2,46,48,51). The van der Waals surface area contributed by atoms with Crippen LogP contribution in [0.5, 0.6) is 23.0 Å². The molecule has 9 heteroatoms. The molecule has 0 saturated heterocycles. The minimum Gasteiger partial charge on any atom is -0.506 e. The van der Waals surface area contributed by atoms with Crippen LogP contribution in [-0.2, 0) is 22.0 Å². The lowest BCUT2D eigenvalue weighted by molar-refractivity contribution is -0.123. The Morgan fingerprint density at radius 2 is 1.47 bits per heavy atom. The number of urea groups is 1. The minimum atomic E-state index is -0.832. The van der Waals surface area contributed by atoms with E-state index in [2.05, 4.69) is 83.5 Å². The molecule has 0 aliphatic heterocycles. The Labute approximate surface area is 314 Å². The molecule has 1 unspecified atom stereocenters. The number of carbonyl (C=O) groups is 2. The summed E-state index contributed by atoms with van der Waals surface area (Å²) >= 11 is 0. The van der Waals surface area contributed by atoms with Gasteiger partial charge in [0.05, 0.1) is 23.0 Å². The van der Waals surface area contributed by atoms with Gasteiger partial charge in [0.25, 0.3) is 5.91 Å². The lowest BCUT2D eigenvalue weighted by Crippen LogP contribution is -2.34. The minimum absolute atomic E-state index is 0.0172. The molecule has 4 rings (SSSR count). The van der Waals surface area contributed by atoms with Gasteiger partial charge in [-0.3, -0.25) is 4.79 Å². The molecule has 280 valence electrons. The number of phenols is 1. The summed E-state index contributed by atoms with van der Waals surface area (Å²) in [7, 11) is 0. The highest BCUT2D eigenvalue weighted by atomic mass is 16.5. The first kappa shape index (κ1) is 40.3. The van der Waals surface area contributed by atoms with E-state index in [9.17, 15) is 14.7 Å². The molecule has 0 aliphatic rings. The van der Waals surface area contributed by atoms with Gasteiger partial charge < -0.3 is 30.5 Å². The molecule has 0 radical (unpaired) electrons. The van der Waals surface area contributed by atoms with Gasteiger partial charge in [-0.2, -0.15) is 5.26 Å². The van der Waals surface area contributed by atoms with Crippen molar-refractivity contribution in [3.63, 3.8) is 0 Å². The number of benzene rings is 4. The quantitative estimate of drug-likeness (QED) is 0.0852. The molecule has 0 bridgehead atoms. The van der Waals surface area contributed by atoms with Crippen molar-refractivity contribution >= 4 is 29.0 Å². The van der Waals surface area contributed by atoms with Gasteiger partial charge in [0.1, 0.15) is 17.2 Å². The summed E-state index contributed by atoms with van der Waals surface area (Å²) < 4.78 is 12.9. The van der Waals surface area contributed by atoms with Gasteiger partial charge in [0.2, 0.25) is 0 Å². The van der Waals surface area contributed by atoms with Crippen molar-refractivity contribution < 1.29 is 24.2 Å². The van der Waals surface area contributed by atoms with Crippen LogP contribution >= 0.6 is 0 Å². The van der Waals surface area contributed by atoms with Crippen molar-refractivity contribution in [2.45, 2.75) is 111 Å². The van der Waals surface area contributed by atoms with E-state index in [1.165, 1.54) is 17.7 Å². The maximum absolute atomic E-state index is 14.2. The number of nitrogens with one attached hydrogen (secondary N) is 3. The molecule has 0 fully saturated rings. The average molecular weight is 719 g/mol. The average Bonchev–Trinajstić information content (AvgIpc) is 3.15. The SMILES string of the molecule is CCCCC(Oc1ccc(C(C)(C)CC)cc1C(C)(C)CC)C(=O)Nc1cc(O)c(NC(=O)Nc2ccc(C#N)cc2)cc1Oc1ccc(CC)cc1. The van der Waals surface area contributed by atoms with E-state index in [-0.39, 0.29) is 39.6 Å². The number of nitriles is 1. The summed E-state index contributed by atoms with van der Waals surface area (Å²) in [5.74, 6) is 0.725. The maximum Gasteiger partial charge on any atom is 0.323 e. The number of amides is 3. The van der Waals surface area contributed by atoms with E-state index in [4.69, 9.17) is 14.7 Å². The van der Waals surface area contributed by atoms with Crippen molar-refractivity contribution in [1.29, 1.82) is 5.26 Å². The van der Waals surface area contributed by atoms with Crippen LogP contribution in [0.1, 0.15) is 110 Å². The van der Waals surface area contributed by atoms with Crippen molar-refractivity contribution in [1.82, 2.24) is 0 Å². The molecule has 1 atom stereocenters. The Kier molecular flexibility index (Phi) is 13.5. The third-order valence-electron chi connectivity index (χ3n) is 10.1. The molecule has 3 amide bonds. The second kappa shape index (κ2) is 17.8. The van der Waals surface area contributed by atoms with Crippen molar-refractivity contribution in [3.05, 3.63) is 101 Å². The Balaban J connectivity index is 1.67. The maximum atomic E-state index is 14.2. The number of unbranched alkanes of at least 4 members (excludes halogenated alkanes) is 1. The second-order valence-corrected chi connectivity index (χ2v) is 14.7. The smallest absolute Gasteiger partial charge is 0.323 e. The third kappa shape index (κ3) is 10.5. The van der Waals surface area contributed by atoms with Crippen LogP contribution in [0.25, 0.3) is 0 Å². The summed E-state index contributed by atoms with van der Waals surface area (Å²) in [5.41, 5.74) is 4.39. The first-order chi connectivity index (χ1) is 25.2. The number of hydrogen-bond acceptors (Lipinski definition) is 6. The van der Waals surface area contributed by atoms with Crippen molar-refractivity contribution in [2.75, 3.05) is 16.0 Å². The third-order valence-corrected chi connectivity index (χ3v) is 10.1. The molecule has 0 spiro atoms. The van der Waals surface area contributed by atoms with Gasteiger partial charge in [-0.05, 0) is 96.5 Å².